The molecule has 1 saturated carbocycles. The van der Waals surface area contributed by atoms with Crippen LogP contribution < -0.4 is 15.4 Å². The van der Waals surface area contributed by atoms with E-state index in [1.54, 1.807) is 38.3 Å². The molecule has 0 unspecified atom stereocenters. The van der Waals surface area contributed by atoms with Gasteiger partial charge in [0.2, 0.25) is 17.7 Å². The summed E-state index contributed by atoms with van der Waals surface area (Å²) in [5.41, 5.74) is 0.466. The molecule has 294 valence electrons. The van der Waals surface area contributed by atoms with Crippen molar-refractivity contribution in [3.63, 3.8) is 0 Å². The fraction of sp³-hybridized carbons (Fsp3) is 0.595. The molecule has 2 saturated heterocycles. The molecule has 3 fully saturated rings. The minimum Gasteiger partial charge on any atom is -0.467 e. The fourth-order valence-electron chi connectivity index (χ4n) is 6.50. The number of hydrogen-bond donors (Lipinski definition) is 2. The van der Waals surface area contributed by atoms with Crippen LogP contribution in [0.5, 0.6) is 5.88 Å². The predicted octanol–water partition coefficient (Wildman–Crippen LogP) is 1.67. The standard InChI is InChI=1S/C37H51N7O10/c1-3-52-37(50)42-20-18-41(19-21-42)36(49)28(15-16-33(46)53-23-9-22-51-2)39-34(47)29-24-32(44(40-29)27-12-5-4-6-13-27)54-25-31(45)43-17-8-14-30(43)35(48)38-26-10-7-11-26/h4-6,12-13,24,26,28,30H,3,7-11,14-23,25H2,1-2H3,(H,38,48)(H,39,47)/t28-,30-/m0/s1. The summed E-state index contributed by atoms with van der Waals surface area (Å²) >= 11 is 0. The van der Waals surface area contributed by atoms with Gasteiger partial charge in [-0.3, -0.25) is 24.0 Å². The molecule has 1 aliphatic carbocycles. The first-order chi connectivity index (χ1) is 26.2. The monoisotopic (exact) mass is 753 g/mol. The van der Waals surface area contributed by atoms with Crippen molar-refractivity contribution in [2.45, 2.75) is 76.4 Å². The van der Waals surface area contributed by atoms with Crippen LogP contribution in [0.1, 0.15) is 68.8 Å². The Morgan fingerprint density at radius 1 is 0.907 bits per heavy atom. The molecule has 17 heteroatoms. The summed E-state index contributed by atoms with van der Waals surface area (Å²) in [6.07, 6.45) is 4.11. The molecule has 0 bridgehead atoms. The Hall–Kier alpha value is -5.19. The average Bonchev–Trinajstić information content (AvgIpc) is 3.84. The highest BCUT2D eigenvalue weighted by Gasteiger charge is 2.36. The zero-order chi connectivity index (χ0) is 38.5. The Morgan fingerprint density at radius 3 is 2.33 bits per heavy atom. The highest BCUT2D eigenvalue weighted by molar-refractivity contribution is 5.96. The first-order valence-corrected chi connectivity index (χ1v) is 18.7. The summed E-state index contributed by atoms with van der Waals surface area (Å²) in [5, 5.41) is 10.3. The minimum atomic E-state index is -1.12. The van der Waals surface area contributed by atoms with Gasteiger partial charge < -0.3 is 44.3 Å². The third-order valence-electron chi connectivity index (χ3n) is 9.69. The molecule has 17 nitrogen and oxygen atoms in total. The number of amides is 5. The van der Waals surface area contributed by atoms with Gasteiger partial charge in [-0.15, -0.1) is 0 Å². The maximum atomic E-state index is 13.8. The number of nitrogens with one attached hydrogen (secondary N) is 2. The molecule has 0 radical (unpaired) electrons. The molecule has 1 aromatic heterocycles. The third-order valence-corrected chi connectivity index (χ3v) is 9.69. The van der Waals surface area contributed by atoms with E-state index in [0.29, 0.717) is 38.1 Å². The number of esters is 1. The fourth-order valence-corrected chi connectivity index (χ4v) is 6.50. The van der Waals surface area contributed by atoms with Crippen molar-refractivity contribution in [3.8, 4) is 11.6 Å². The number of piperazine rings is 1. The van der Waals surface area contributed by atoms with Gasteiger partial charge in [-0.2, -0.15) is 5.10 Å². The highest BCUT2D eigenvalue weighted by atomic mass is 16.6. The lowest BCUT2D eigenvalue weighted by Crippen LogP contribution is -2.56. The number of rotatable bonds is 17. The van der Waals surface area contributed by atoms with Gasteiger partial charge in [0.25, 0.3) is 11.8 Å². The van der Waals surface area contributed by atoms with Gasteiger partial charge in [0.15, 0.2) is 12.3 Å². The molecule has 5 rings (SSSR count). The summed E-state index contributed by atoms with van der Waals surface area (Å²) in [6, 6.07) is 8.75. The SMILES string of the molecule is CCOC(=O)N1CCN(C(=O)[C@H](CCC(=O)OCCCOC)NC(=O)c2cc(OCC(=O)N3CCC[C@H]3C(=O)NC3CCC3)n(-c3ccccc3)n2)CC1. The smallest absolute Gasteiger partial charge is 0.409 e. The number of methoxy groups -OCH3 is 1. The number of likely N-dealkylation sites (tertiary alicyclic amines) is 1. The molecule has 2 aromatic rings. The van der Waals surface area contributed by atoms with Crippen LogP contribution in [0.4, 0.5) is 4.79 Å². The van der Waals surface area contributed by atoms with Crippen LogP contribution in [0.15, 0.2) is 36.4 Å². The molecule has 2 aliphatic heterocycles. The van der Waals surface area contributed by atoms with Crippen LogP contribution >= 0.6 is 0 Å². The van der Waals surface area contributed by atoms with Crippen molar-refractivity contribution in [2.24, 2.45) is 0 Å². The van der Waals surface area contributed by atoms with Crippen molar-refractivity contribution in [1.29, 1.82) is 0 Å². The van der Waals surface area contributed by atoms with Crippen molar-refractivity contribution < 1.29 is 47.7 Å². The van der Waals surface area contributed by atoms with Crippen LogP contribution in [-0.4, -0.2) is 145 Å². The summed E-state index contributed by atoms with van der Waals surface area (Å²) < 4.78 is 22.7. The van der Waals surface area contributed by atoms with Crippen LogP contribution in [0.3, 0.4) is 0 Å². The zero-order valence-electron chi connectivity index (χ0n) is 31.0. The van der Waals surface area contributed by atoms with E-state index >= 15 is 0 Å². The zero-order valence-corrected chi connectivity index (χ0v) is 31.0. The van der Waals surface area contributed by atoms with E-state index < -0.39 is 42.6 Å². The molecule has 3 aliphatic rings. The number of para-hydroxylation sites is 1. The first-order valence-electron chi connectivity index (χ1n) is 18.7. The summed E-state index contributed by atoms with van der Waals surface area (Å²) in [7, 11) is 1.55. The third kappa shape index (κ3) is 10.7. The second kappa shape index (κ2) is 19.8. The topological polar surface area (TPSA) is 191 Å². The number of ether oxygens (including phenoxy) is 4. The lowest BCUT2D eigenvalue weighted by Gasteiger charge is -2.35. The molecule has 54 heavy (non-hydrogen) atoms. The maximum absolute atomic E-state index is 13.8. The van der Waals surface area contributed by atoms with E-state index in [0.717, 1.165) is 19.3 Å². The van der Waals surface area contributed by atoms with Gasteiger partial charge in [0.1, 0.15) is 12.1 Å². The van der Waals surface area contributed by atoms with E-state index in [1.807, 2.05) is 6.07 Å². The Morgan fingerprint density at radius 2 is 1.65 bits per heavy atom. The van der Waals surface area contributed by atoms with Gasteiger partial charge in [0.05, 0.1) is 18.9 Å². The number of carbonyl (C=O) groups is 6. The summed E-state index contributed by atoms with van der Waals surface area (Å²) in [6.45, 7) is 3.48. The first kappa shape index (κ1) is 40.0. The lowest BCUT2D eigenvalue weighted by molar-refractivity contribution is -0.144. The van der Waals surface area contributed by atoms with E-state index in [9.17, 15) is 28.8 Å². The Kier molecular flexibility index (Phi) is 14.6. The van der Waals surface area contributed by atoms with E-state index in [-0.39, 0.29) is 81.7 Å². The van der Waals surface area contributed by atoms with Gasteiger partial charge in [0, 0.05) is 71.4 Å². The molecule has 0 spiro atoms. The van der Waals surface area contributed by atoms with Crippen molar-refractivity contribution in [2.75, 3.05) is 66.3 Å². The quantitative estimate of drug-likeness (QED) is 0.177. The second-order valence-corrected chi connectivity index (χ2v) is 13.4. The van der Waals surface area contributed by atoms with Crippen molar-refractivity contribution in [1.82, 2.24) is 35.1 Å². The molecule has 1 aromatic carbocycles. The highest BCUT2D eigenvalue weighted by Crippen LogP contribution is 2.24. The Bertz CT molecular complexity index is 1610. The van der Waals surface area contributed by atoms with E-state index in [2.05, 4.69) is 15.7 Å². The Labute approximate surface area is 314 Å². The minimum absolute atomic E-state index is 0.0473. The second-order valence-electron chi connectivity index (χ2n) is 13.4. The Balaban J connectivity index is 1.28. The molecule has 5 amide bonds. The van der Waals surface area contributed by atoms with Gasteiger partial charge >= 0.3 is 12.1 Å². The molecule has 2 atom stereocenters. The summed E-state index contributed by atoms with van der Waals surface area (Å²) in [4.78, 5) is 83.3. The molecule has 2 N–H and O–H groups in total. The van der Waals surface area contributed by atoms with E-state index in [4.69, 9.17) is 18.9 Å². The van der Waals surface area contributed by atoms with Crippen LogP contribution in [0.25, 0.3) is 5.69 Å². The van der Waals surface area contributed by atoms with Crippen LogP contribution in [0.2, 0.25) is 0 Å². The van der Waals surface area contributed by atoms with E-state index in [1.165, 1.54) is 25.4 Å². The largest absolute Gasteiger partial charge is 0.467 e. The maximum Gasteiger partial charge on any atom is 0.409 e. The molecule has 3 heterocycles. The number of carbonyl (C=O) groups excluding carboxylic acids is 6. The molecular formula is C37H51N7O10. The number of nitrogens with zero attached hydrogens (tertiary/aromatic N) is 5. The van der Waals surface area contributed by atoms with Gasteiger partial charge in [-0.1, -0.05) is 18.2 Å². The number of aromatic nitrogens is 2. The normalized spacial score (nSPS) is 17.7. The van der Waals surface area contributed by atoms with Crippen molar-refractivity contribution >= 4 is 35.7 Å². The predicted molar refractivity (Wildman–Crippen MR) is 193 cm³/mol. The van der Waals surface area contributed by atoms with Crippen LogP contribution in [0, 0.1) is 0 Å². The number of benzene rings is 1. The van der Waals surface area contributed by atoms with Crippen LogP contribution in [-0.2, 0) is 33.4 Å². The van der Waals surface area contributed by atoms with Gasteiger partial charge in [-0.05, 0) is 57.6 Å². The average molecular weight is 754 g/mol. The number of hydrogen-bond acceptors (Lipinski definition) is 11. The summed E-state index contributed by atoms with van der Waals surface area (Å²) in [5.74, 6) is -2.07. The van der Waals surface area contributed by atoms with Gasteiger partial charge in [-0.25, -0.2) is 9.48 Å². The molecular weight excluding hydrogens is 702 g/mol. The van der Waals surface area contributed by atoms with Crippen molar-refractivity contribution in [3.05, 3.63) is 42.1 Å². The lowest BCUT2D eigenvalue weighted by atomic mass is 9.93.